The Morgan fingerprint density at radius 3 is 2.30 bits per heavy atom. The Bertz CT molecular complexity index is 456. The Balaban J connectivity index is 2.16. The monoisotopic (exact) mass is 276 g/mol. The molecule has 1 aliphatic carbocycles. The largest absolute Gasteiger partial charge is 0.370 e. The molecule has 0 aromatic carbocycles. The second-order valence-electron chi connectivity index (χ2n) is 6.34. The molecule has 4 nitrogen and oxygen atoms in total. The molecule has 2 atom stereocenters. The van der Waals surface area contributed by atoms with E-state index in [9.17, 15) is 0 Å². The molecule has 4 heteroatoms. The molecule has 0 saturated heterocycles. The van der Waals surface area contributed by atoms with Crippen LogP contribution in [0.2, 0.25) is 0 Å². The minimum atomic E-state index is 0.346. The zero-order valence-corrected chi connectivity index (χ0v) is 13.5. The number of hydrogen-bond acceptors (Lipinski definition) is 4. The number of anilines is 2. The molecule has 112 valence electrons. The van der Waals surface area contributed by atoms with E-state index in [4.69, 9.17) is 4.98 Å². The lowest BCUT2D eigenvalue weighted by molar-refractivity contribution is 0.758. The molecule has 0 aliphatic heterocycles. The Hall–Kier alpha value is -1.32. The smallest absolute Gasteiger partial charge is 0.135 e. The van der Waals surface area contributed by atoms with Crippen LogP contribution >= 0.6 is 0 Å². The maximum absolute atomic E-state index is 4.70. The van der Waals surface area contributed by atoms with Crippen molar-refractivity contribution in [3.63, 3.8) is 0 Å². The molecule has 2 unspecified atom stereocenters. The molecular weight excluding hydrogens is 248 g/mol. The lowest BCUT2D eigenvalue weighted by atomic mass is 10.2. The van der Waals surface area contributed by atoms with E-state index < -0.39 is 0 Å². The van der Waals surface area contributed by atoms with Crippen LogP contribution in [0.3, 0.4) is 0 Å². The molecule has 1 fully saturated rings. The van der Waals surface area contributed by atoms with Crippen LogP contribution in [-0.2, 0) is 0 Å². The van der Waals surface area contributed by atoms with Crippen molar-refractivity contribution in [2.45, 2.75) is 53.4 Å². The fourth-order valence-electron chi connectivity index (χ4n) is 2.29. The van der Waals surface area contributed by atoms with Gasteiger partial charge < -0.3 is 10.6 Å². The Labute approximate surface area is 122 Å². The molecule has 0 radical (unpaired) electrons. The van der Waals surface area contributed by atoms with Gasteiger partial charge in [0.1, 0.15) is 17.5 Å². The minimum Gasteiger partial charge on any atom is -0.370 e. The molecule has 1 aromatic rings. The zero-order valence-electron chi connectivity index (χ0n) is 13.5. The van der Waals surface area contributed by atoms with Crippen LogP contribution in [0.15, 0.2) is 0 Å². The van der Waals surface area contributed by atoms with Gasteiger partial charge in [0.15, 0.2) is 0 Å². The van der Waals surface area contributed by atoms with E-state index in [0.29, 0.717) is 5.92 Å². The van der Waals surface area contributed by atoms with Gasteiger partial charge in [-0.3, -0.25) is 0 Å². The highest BCUT2D eigenvalue weighted by Crippen LogP contribution is 2.37. The van der Waals surface area contributed by atoms with Gasteiger partial charge in [-0.05, 0) is 31.6 Å². The molecule has 0 bridgehead atoms. The first kappa shape index (κ1) is 15.1. The third-order valence-electron chi connectivity index (χ3n) is 4.03. The van der Waals surface area contributed by atoms with E-state index in [-0.39, 0.29) is 0 Å². The molecule has 1 aliphatic rings. The summed E-state index contributed by atoms with van der Waals surface area (Å²) in [6, 6.07) is 0. The second kappa shape index (κ2) is 6.42. The number of hydrogen-bond donors (Lipinski definition) is 2. The standard InChI is InChI=1S/C16H28N4/c1-6-7-17-15-12(5)16(18-9-13-8-11(13)4)20-14(19-15)10(2)3/h10-11,13H,6-9H2,1-5H3,(H2,17,18,19,20). The van der Waals surface area contributed by atoms with E-state index in [0.717, 1.165) is 54.4 Å². The summed E-state index contributed by atoms with van der Waals surface area (Å²) in [4.78, 5) is 9.37. The lowest BCUT2D eigenvalue weighted by Gasteiger charge is -2.16. The van der Waals surface area contributed by atoms with Crippen molar-refractivity contribution in [2.75, 3.05) is 23.7 Å². The summed E-state index contributed by atoms with van der Waals surface area (Å²) in [5.41, 5.74) is 1.14. The van der Waals surface area contributed by atoms with Crippen LogP contribution in [0.25, 0.3) is 0 Å². The van der Waals surface area contributed by atoms with Crippen molar-refractivity contribution < 1.29 is 0 Å². The van der Waals surface area contributed by atoms with Crippen molar-refractivity contribution in [2.24, 2.45) is 11.8 Å². The van der Waals surface area contributed by atoms with Gasteiger partial charge in [-0.1, -0.05) is 27.7 Å². The van der Waals surface area contributed by atoms with E-state index in [1.807, 2.05) is 0 Å². The number of aromatic nitrogens is 2. The average molecular weight is 276 g/mol. The number of rotatable bonds is 7. The fourth-order valence-corrected chi connectivity index (χ4v) is 2.29. The Morgan fingerprint density at radius 1 is 1.20 bits per heavy atom. The highest BCUT2D eigenvalue weighted by Gasteiger charge is 2.32. The number of nitrogens with one attached hydrogen (secondary N) is 2. The average Bonchev–Trinajstić information content (AvgIpc) is 3.11. The molecule has 2 rings (SSSR count). The molecule has 0 spiro atoms. The van der Waals surface area contributed by atoms with Crippen molar-refractivity contribution in [1.29, 1.82) is 0 Å². The third-order valence-corrected chi connectivity index (χ3v) is 4.03. The maximum atomic E-state index is 4.70. The molecule has 2 N–H and O–H groups in total. The molecule has 1 heterocycles. The van der Waals surface area contributed by atoms with Crippen LogP contribution in [-0.4, -0.2) is 23.1 Å². The highest BCUT2D eigenvalue weighted by atomic mass is 15.1. The normalized spacial score (nSPS) is 21.1. The highest BCUT2D eigenvalue weighted by molar-refractivity contribution is 5.57. The number of nitrogens with zero attached hydrogens (tertiary/aromatic N) is 2. The van der Waals surface area contributed by atoms with E-state index in [2.05, 4.69) is 50.2 Å². The zero-order chi connectivity index (χ0) is 14.7. The summed E-state index contributed by atoms with van der Waals surface area (Å²) in [6.45, 7) is 12.8. The van der Waals surface area contributed by atoms with Crippen LogP contribution in [0, 0.1) is 18.8 Å². The van der Waals surface area contributed by atoms with Gasteiger partial charge in [0.25, 0.3) is 0 Å². The van der Waals surface area contributed by atoms with Crippen molar-refractivity contribution in [1.82, 2.24) is 9.97 Å². The van der Waals surface area contributed by atoms with Gasteiger partial charge in [0.05, 0.1) is 0 Å². The summed E-state index contributed by atoms with van der Waals surface area (Å²) < 4.78 is 0. The molecule has 0 amide bonds. The Morgan fingerprint density at radius 2 is 1.80 bits per heavy atom. The van der Waals surface area contributed by atoms with Gasteiger partial charge in [0.2, 0.25) is 0 Å². The topological polar surface area (TPSA) is 49.8 Å². The van der Waals surface area contributed by atoms with Gasteiger partial charge in [0, 0.05) is 24.6 Å². The summed E-state index contributed by atoms with van der Waals surface area (Å²) in [5, 5.41) is 6.95. The lowest BCUT2D eigenvalue weighted by Crippen LogP contribution is -2.14. The predicted molar refractivity (Wildman–Crippen MR) is 85.4 cm³/mol. The SMILES string of the molecule is CCCNc1nc(C(C)C)nc(NCC2CC2C)c1C. The van der Waals surface area contributed by atoms with Crippen LogP contribution < -0.4 is 10.6 Å². The molecule has 20 heavy (non-hydrogen) atoms. The summed E-state index contributed by atoms with van der Waals surface area (Å²) in [7, 11) is 0. The van der Waals surface area contributed by atoms with Crippen molar-refractivity contribution >= 4 is 11.6 Å². The van der Waals surface area contributed by atoms with Gasteiger partial charge >= 0.3 is 0 Å². The maximum Gasteiger partial charge on any atom is 0.135 e. The van der Waals surface area contributed by atoms with Crippen LogP contribution in [0.1, 0.15) is 57.8 Å². The fraction of sp³-hybridized carbons (Fsp3) is 0.750. The Kier molecular flexibility index (Phi) is 4.84. The van der Waals surface area contributed by atoms with Crippen molar-refractivity contribution in [3.05, 3.63) is 11.4 Å². The third kappa shape index (κ3) is 3.62. The van der Waals surface area contributed by atoms with Crippen LogP contribution in [0.4, 0.5) is 11.6 Å². The minimum absolute atomic E-state index is 0.346. The summed E-state index contributed by atoms with van der Waals surface area (Å²) in [6.07, 6.45) is 2.44. The van der Waals surface area contributed by atoms with Gasteiger partial charge in [-0.2, -0.15) is 0 Å². The summed E-state index contributed by atoms with van der Waals surface area (Å²) in [5.74, 6) is 4.93. The quantitative estimate of drug-likeness (QED) is 0.795. The molecular formula is C16H28N4. The van der Waals surface area contributed by atoms with Gasteiger partial charge in [-0.15, -0.1) is 0 Å². The van der Waals surface area contributed by atoms with Crippen molar-refractivity contribution in [3.8, 4) is 0 Å². The van der Waals surface area contributed by atoms with Gasteiger partial charge in [-0.25, -0.2) is 9.97 Å². The first-order valence-electron chi connectivity index (χ1n) is 7.89. The molecule has 1 saturated carbocycles. The first-order chi connectivity index (χ1) is 9.52. The predicted octanol–water partition coefficient (Wildman–Crippen LogP) is 3.80. The van der Waals surface area contributed by atoms with E-state index in [1.165, 1.54) is 6.42 Å². The first-order valence-corrected chi connectivity index (χ1v) is 7.89. The summed E-state index contributed by atoms with van der Waals surface area (Å²) >= 11 is 0. The van der Waals surface area contributed by atoms with E-state index in [1.54, 1.807) is 0 Å². The molecule has 1 aromatic heterocycles. The van der Waals surface area contributed by atoms with Crippen LogP contribution in [0.5, 0.6) is 0 Å². The second-order valence-corrected chi connectivity index (χ2v) is 6.34. The van der Waals surface area contributed by atoms with E-state index >= 15 is 0 Å².